The molecular weight excluding hydrogens is 378 g/mol. The third kappa shape index (κ3) is 3.89. The number of para-hydroxylation sites is 1. The average molecular weight is 402 g/mol. The maximum Gasteiger partial charge on any atom is 0.126 e. The number of aromatic nitrogens is 3. The molecule has 0 amide bonds. The molecule has 3 heterocycles. The van der Waals surface area contributed by atoms with Crippen LogP contribution in [0.2, 0.25) is 0 Å². The predicted molar refractivity (Wildman–Crippen MR) is 120 cm³/mol. The van der Waals surface area contributed by atoms with Gasteiger partial charge in [0.1, 0.15) is 5.82 Å². The van der Waals surface area contributed by atoms with Crippen molar-refractivity contribution in [3.8, 4) is 11.3 Å². The molecule has 3 aromatic heterocycles. The summed E-state index contributed by atoms with van der Waals surface area (Å²) in [5.74, 6) is 0.855. The zero-order valence-corrected chi connectivity index (χ0v) is 16.9. The van der Waals surface area contributed by atoms with E-state index in [-0.39, 0.29) is 0 Å². The zero-order valence-electron chi connectivity index (χ0n) is 16.1. The van der Waals surface area contributed by atoms with Crippen LogP contribution >= 0.6 is 11.3 Å². The van der Waals surface area contributed by atoms with Gasteiger partial charge in [-0.1, -0.05) is 18.2 Å². The maximum atomic E-state index is 4.49. The lowest BCUT2D eigenvalue weighted by Gasteiger charge is -2.14. The Hall–Kier alpha value is -3.12. The zero-order chi connectivity index (χ0) is 19.5. The molecule has 1 aliphatic carbocycles. The Morgan fingerprint density at radius 1 is 1.03 bits per heavy atom. The highest BCUT2D eigenvalue weighted by atomic mass is 32.1. The number of rotatable bonds is 6. The van der Waals surface area contributed by atoms with Crippen LogP contribution in [0.15, 0.2) is 59.6 Å². The van der Waals surface area contributed by atoms with Gasteiger partial charge in [-0.25, -0.2) is 9.97 Å². The van der Waals surface area contributed by atoms with Gasteiger partial charge in [0.2, 0.25) is 0 Å². The summed E-state index contributed by atoms with van der Waals surface area (Å²) in [7, 11) is 0. The van der Waals surface area contributed by atoms with Crippen LogP contribution < -0.4 is 10.6 Å². The number of H-pyrrole nitrogens is 1. The molecule has 5 rings (SSSR count). The summed E-state index contributed by atoms with van der Waals surface area (Å²) in [6, 6.07) is 14.6. The Balaban J connectivity index is 1.48. The van der Waals surface area contributed by atoms with Crippen molar-refractivity contribution >= 4 is 28.5 Å². The van der Waals surface area contributed by atoms with Crippen LogP contribution in [-0.2, 0) is 19.4 Å². The van der Waals surface area contributed by atoms with E-state index in [2.05, 4.69) is 67.4 Å². The summed E-state index contributed by atoms with van der Waals surface area (Å²) in [4.78, 5) is 12.5. The first-order valence-electron chi connectivity index (χ1n) is 10.00. The second kappa shape index (κ2) is 8.09. The molecule has 3 N–H and O–H groups in total. The van der Waals surface area contributed by atoms with Crippen LogP contribution in [0.3, 0.4) is 0 Å². The van der Waals surface area contributed by atoms with Crippen molar-refractivity contribution in [1.29, 1.82) is 0 Å². The minimum atomic E-state index is 0.677. The molecule has 0 saturated carbocycles. The van der Waals surface area contributed by atoms with Crippen molar-refractivity contribution < 1.29 is 0 Å². The molecule has 5 nitrogen and oxygen atoms in total. The molecule has 0 aliphatic heterocycles. The largest absolute Gasteiger partial charge is 0.364 e. The molecule has 0 bridgehead atoms. The number of nitrogens with zero attached hydrogens (tertiary/aromatic N) is 2. The summed E-state index contributed by atoms with van der Waals surface area (Å²) in [6.07, 6.45) is 6.57. The van der Waals surface area contributed by atoms with Gasteiger partial charge in [-0.2, -0.15) is 0 Å². The van der Waals surface area contributed by atoms with E-state index in [9.17, 15) is 0 Å². The van der Waals surface area contributed by atoms with E-state index in [1.54, 1.807) is 11.3 Å². The van der Waals surface area contributed by atoms with Crippen LogP contribution in [0.4, 0.5) is 17.2 Å². The lowest BCUT2D eigenvalue weighted by molar-refractivity contribution is 0.678. The van der Waals surface area contributed by atoms with Gasteiger partial charge < -0.3 is 15.6 Å². The first-order chi connectivity index (χ1) is 14.4. The first-order valence-corrected chi connectivity index (χ1v) is 10.9. The molecule has 1 aromatic carbocycles. The second-order valence-corrected chi connectivity index (χ2v) is 8.01. The van der Waals surface area contributed by atoms with E-state index in [0.717, 1.165) is 41.3 Å². The van der Waals surface area contributed by atoms with Crippen molar-refractivity contribution in [1.82, 2.24) is 15.0 Å². The van der Waals surface area contributed by atoms with Crippen molar-refractivity contribution in [2.75, 3.05) is 10.6 Å². The molecule has 0 unspecified atom stereocenters. The minimum Gasteiger partial charge on any atom is -0.364 e. The number of aryl methyl sites for hydroxylation is 1. The van der Waals surface area contributed by atoms with Gasteiger partial charge in [-0.15, -0.1) is 11.3 Å². The fourth-order valence-corrected chi connectivity index (χ4v) is 4.45. The van der Waals surface area contributed by atoms with Gasteiger partial charge in [0.25, 0.3) is 0 Å². The number of hydrogen-bond donors (Lipinski definition) is 3. The van der Waals surface area contributed by atoms with Gasteiger partial charge in [-0.3, -0.25) is 0 Å². The van der Waals surface area contributed by atoms with Crippen LogP contribution in [0.25, 0.3) is 11.3 Å². The number of thiazole rings is 1. The van der Waals surface area contributed by atoms with E-state index < -0.39 is 0 Å². The fraction of sp³-hybridized carbons (Fsp3) is 0.217. The van der Waals surface area contributed by atoms with Crippen LogP contribution in [0, 0.1) is 0 Å². The summed E-state index contributed by atoms with van der Waals surface area (Å²) >= 11 is 1.61. The van der Waals surface area contributed by atoms with E-state index in [1.807, 2.05) is 17.8 Å². The maximum absolute atomic E-state index is 4.49. The lowest BCUT2D eigenvalue weighted by Crippen LogP contribution is -2.02. The van der Waals surface area contributed by atoms with Crippen molar-refractivity contribution in [3.63, 3.8) is 0 Å². The van der Waals surface area contributed by atoms with Crippen molar-refractivity contribution in [3.05, 3.63) is 76.5 Å². The van der Waals surface area contributed by atoms with Crippen LogP contribution in [0.1, 0.15) is 29.8 Å². The van der Waals surface area contributed by atoms with E-state index in [1.165, 1.54) is 29.8 Å². The average Bonchev–Trinajstić information content (AvgIpc) is 3.42. The Kier molecular flexibility index (Phi) is 5.01. The summed E-state index contributed by atoms with van der Waals surface area (Å²) < 4.78 is 0. The SMILES string of the molecule is c1ccc(Nc2c(-c3ccnc(NCc4cscn4)c3)[nH]c3c2CCCC3)cc1. The topological polar surface area (TPSA) is 65.6 Å². The molecule has 0 atom stereocenters. The Morgan fingerprint density at radius 2 is 1.93 bits per heavy atom. The number of hydrogen-bond acceptors (Lipinski definition) is 5. The predicted octanol–water partition coefficient (Wildman–Crippen LogP) is 5.77. The number of anilines is 3. The lowest BCUT2D eigenvalue weighted by atomic mass is 9.96. The highest BCUT2D eigenvalue weighted by molar-refractivity contribution is 7.07. The molecular formula is C23H23N5S. The normalized spacial score (nSPS) is 13.1. The number of pyridine rings is 1. The third-order valence-corrected chi connectivity index (χ3v) is 5.96. The van der Waals surface area contributed by atoms with Gasteiger partial charge in [-0.05, 0) is 55.5 Å². The van der Waals surface area contributed by atoms with Gasteiger partial charge >= 0.3 is 0 Å². The number of aromatic amines is 1. The monoisotopic (exact) mass is 401 g/mol. The molecule has 0 saturated heterocycles. The van der Waals surface area contributed by atoms with Gasteiger partial charge in [0.05, 0.1) is 29.1 Å². The summed E-state index contributed by atoms with van der Waals surface area (Å²) in [5, 5.41) is 9.11. The summed E-state index contributed by atoms with van der Waals surface area (Å²) in [5.41, 5.74) is 10.2. The number of fused-ring (bicyclic) bond motifs is 1. The van der Waals surface area contributed by atoms with E-state index in [0.29, 0.717) is 6.54 Å². The first kappa shape index (κ1) is 17.9. The standard InChI is InChI=1S/C23H23N5S/c1-2-6-17(7-3-1)27-23-19-8-4-5-9-20(19)28-22(23)16-10-11-24-21(12-16)25-13-18-14-29-15-26-18/h1-3,6-7,10-12,14-15,27-28H,4-5,8-9,13H2,(H,24,25). The highest BCUT2D eigenvalue weighted by Crippen LogP contribution is 2.39. The van der Waals surface area contributed by atoms with Gasteiger partial charge in [0, 0.05) is 28.5 Å². The molecule has 1 aliphatic rings. The minimum absolute atomic E-state index is 0.677. The van der Waals surface area contributed by atoms with E-state index >= 15 is 0 Å². The third-order valence-electron chi connectivity index (χ3n) is 5.32. The molecule has 0 spiro atoms. The molecule has 146 valence electrons. The van der Waals surface area contributed by atoms with Crippen molar-refractivity contribution in [2.45, 2.75) is 32.2 Å². The Bertz CT molecular complexity index is 1090. The highest BCUT2D eigenvalue weighted by Gasteiger charge is 2.21. The molecule has 4 aromatic rings. The Labute approximate surface area is 174 Å². The summed E-state index contributed by atoms with van der Waals surface area (Å²) in [6.45, 7) is 0.677. The smallest absolute Gasteiger partial charge is 0.126 e. The quantitative estimate of drug-likeness (QED) is 0.384. The number of benzene rings is 1. The van der Waals surface area contributed by atoms with Crippen LogP contribution in [-0.4, -0.2) is 15.0 Å². The molecule has 6 heteroatoms. The van der Waals surface area contributed by atoms with Gasteiger partial charge in [0.15, 0.2) is 0 Å². The fourth-order valence-electron chi connectivity index (χ4n) is 3.89. The molecule has 0 fully saturated rings. The number of nitrogens with one attached hydrogen (secondary N) is 3. The molecule has 0 radical (unpaired) electrons. The van der Waals surface area contributed by atoms with Crippen LogP contribution in [0.5, 0.6) is 0 Å². The second-order valence-electron chi connectivity index (χ2n) is 7.29. The van der Waals surface area contributed by atoms with E-state index in [4.69, 9.17) is 0 Å². The van der Waals surface area contributed by atoms with Crippen molar-refractivity contribution in [2.24, 2.45) is 0 Å². The molecule has 29 heavy (non-hydrogen) atoms. The Morgan fingerprint density at radius 3 is 2.79 bits per heavy atom.